The number of aliphatic hydroxyl groups excluding tert-OH is 1. The van der Waals surface area contributed by atoms with E-state index in [2.05, 4.69) is 17.4 Å². The molecule has 2 aromatic rings. The molecule has 0 bridgehead atoms. The number of hydrogen-bond donors (Lipinski definition) is 2. The van der Waals surface area contributed by atoms with Crippen LogP contribution in [0.1, 0.15) is 38.2 Å². The summed E-state index contributed by atoms with van der Waals surface area (Å²) in [5, 5.41) is 13.8. The molecule has 0 aliphatic heterocycles. The lowest BCUT2D eigenvalue weighted by Gasteiger charge is -2.34. The summed E-state index contributed by atoms with van der Waals surface area (Å²) in [5.74, 6) is -0.527. The summed E-state index contributed by atoms with van der Waals surface area (Å²) in [5.41, 5.74) is 0.801. The third-order valence-corrected chi connectivity index (χ3v) is 6.39. The van der Waals surface area contributed by atoms with Crippen molar-refractivity contribution in [2.45, 2.75) is 50.2 Å². The van der Waals surface area contributed by atoms with Crippen LogP contribution in [0.25, 0.3) is 0 Å². The number of rotatable bonds is 7. The molecule has 0 aromatic heterocycles. The number of nitrogens with one attached hydrogen (secondary N) is 1. The summed E-state index contributed by atoms with van der Waals surface area (Å²) in [6.45, 7) is 1.74. The number of ether oxygens (including phenoxy) is 1. The number of aliphatic hydroxyl groups is 1. The van der Waals surface area contributed by atoms with Crippen molar-refractivity contribution in [1.82, 2.24) is 10.2 Å². The number of hydrogen-bond acceptors (Lipinski definition) is 4. The molecular weight excluding hydrogens is 411 g/mol. The average molecular weight is 443 g/mol. The first-order valence-corrected chi connectivity index (χ1v) is 10.9. The second-order valence-electron chi connectivity index (χ2n) is 8.52. The first-order chi connectivity index (χ1) is 15.3. The molecule has 1 aliphatic carbocycles. The number of nitrogens with zero attached hydrogens (tertiary/aromatic N) is 1. The molecule has 172 valence electrons. The van der Waals surface area contributed by atoms with Gasteiger partial charge in [0.25, 0.3) is 5.91 Å². The maximum atomic E-state index is 13.3. The van der Waals surface area contributed by atoms with Gasteiger partial charge in [-0.05, 0) is 43.4 Å². The summed E-state index contributed by atoms with van der Waals surface area (Å²) in [6.07, 6.45) is 1.79. The van der Waals surface area contributed by atoms with E-state index in [4.69, 9.17) is 4.74 Å². The predicted octanol–water partition coefficient (Wildman–Crippen LogP) is 3.04. The van der Waals surface area contributed by atoms with Gasteiger partial charge in [-0.1, -0.05) is 36.4 Å². The van der Waals surface area contributed by atoms with E-state index >= 15 is 0 Å². The summed E-state index contributed by atoms with van der Waals surface area (Å²) < 4.78 is 18.8. The van der Waals surface area contributed by atoms with Gasteiger partial charge in [-0.3, -0.25) is 9.59 Å². The zero-order chi connectivity index (χ0) is 23.1. The van der Waals surface area contributed by atoms with E-state index in [0.717, 1.165) is 5.56 Å². The van der Waals surface area contributed by atoms with Crippen molar-refractivity contribution in [2.24, 2.45) is 0 Å². The molecule has 0 radical (unpaired) electrons. The van der Waals surface area contributed by atoms with Gasteiger partial charge in [0.15, 0.2) is 6.61 Å². The van der Waals surface area contributed by atoms with Gasteiger partial charge in [-0.15, -0.1) is 0 Å². The van der Waals surface area contributed by atoms with Gasteiger partial charge in [-0.2, -0.15) is 0 Å². The summed E-state index contributed by atoms with van der Waals surface area (Å²) in [7, 11) is 1.66. The Morgan fingerprint density at radius 1 is 1.16 bits per heavy atom. The first-order valence-electron chi connectivity index (χ1n) is 10.9. The van der Waals surface area contributed by atoms with Gasteiger partial charge in [0.05, 0.1) is 12.1 Å². The number of amides is 2. The number of carbonyl (C=O) groups is 2. The van der Waals surface area contributed by atoms with Crippen LogP contribution >= 0.6 is 0 Å². The maximum Gasteiger partial charge on any atom is 0.260 e. The van der Waals surface area contributed by atoms with Crippen molar-refractivity contribution < 1.29 is 23.8 Å². The van der Waals surface area contributed by atoms with Gasteiger partial charge >= 0.3 is 0 Å². The summed E-state index contributed by atoms with van der Waals surface area (Å²) in [6, 6.07) is 15.3. The third kappa shape index (κ3) is 5.85. The second-order valence-corrected chi connectivity index (χ2v) is 8.52. The monoisotopic (exact) mass is 442 g/mol. The van der Waals surface area contributed by atoms with Gasteiger partial charge in [0.1, 0.15) is 11.6 Å². The minimum absolute atomic E-state index is 0.0940. The van der Waals surface area contributed by atoms with Crippen LogP contribution in [-0.2, 0) is 15.0 Å². The lowest BCUT2D eigenvalue weighted by molar-refractivity contribution is -0.136. The average Bonchev–Trinajstić information content (AvgIpc) is 2.96. The molecule has 2 aromatic carbocycles. The van der Waals surface area contributed by atoms with Crippen molar-refractivity contribution >= 4 is 11.8 Å². The Morgan fingerprint density at radius 2 is 1.88 bits per heavy atom. The van der Waals surface area contributed by atoms with Crippen molar-refractivity contribution in [3.63, 3.8) is 0 Å². The molecule has 0 unspecified atom stereocenters. The Kier molecular flexibility index (Phi) is 7.85. The molecule has 2 amide bonds. The second kappa shape index (κ2) is 10.6. The fourth-order valence-corrected chi connectivity index (χ4v) is 4.45. The zero-order valence-corrected chi connectivity index (χ0v) is 18.6. The van der Waals surface area contributed by atoms with Crippen LogP contribution in [0.15, 0.2) is 54.6 Å². The van der Waals surface area contributed by atoms with Crippen molar-refractivity contribution in [1.29, 1.82) is 0 Å². The van der Waals surface area contributed by atoms with Crippen LogP contribution in [0.3, 0.4) is 0 Å². The fraction of sp³-hybridized carbons (Fsp3) is 0.440. The topological polar surface area (TPSA) is 78.9 Å². The van der Waals surface area contributed by atoms with E-state index < -0.39 is 11.9 Å². The SMILES string of the molecule is CC(=O)NC[C@]1(c2ccccc2)CC[C@H](O)[C@@H](N(C)C(=O)COc2cccc(F)c2)CC1. The van der Waals surface area contributed by atoms with Crippen LogP contribution in [-0.4, -0.2) is 54.2 Å². The molecule has 0 saturated heterocycles. The molecule has 3 rings (SSSR count). The Labute approximate surface area is 188 Å². The summed E-state index contributed by atoms with van der Waals surface area (Å²) in [4.78, 5) is 25.9. The van der Waals surface area contributed by atoms with Crippen LogP contribution in [0.5, 0.6) is 5.75 Å². The van der Waals surface area contributed by atoms with Crippen molar-refractivity contribution in [2.75, 3.05) is 20.2 Å². The molecule has 7 heteroatoms. The first kappa shape index (κ1) is 23.7. The zero-order valence-electron chi connectivity index (χ0n) is 18.6. The van der Waals surface area contributed by atoms with Crippen LogP contribution in [0, 0.1) is 5.82 Å². The Morgan fingerprint density at radius 3 is 2.56 bits per heavy atom. The number of benzene rings is 2. The highest BCUT2D eigenvalue weighted by Gasteiger charge is 2.40. The van der Waals surface area contributed by atoms with E-state index in [9.17, 15) is 19.1 Å². The molecule has 6 nitrogen and oxygen atoms in total. The van der Waals surface area contributed by atoms with Crippen molar-refractivity contribution in [3.8, 4) is 5.75 Å². The van der Waals surface area contributed by atoms with E-state index in [-0.39, 0.29) is 35.6 Å². The highest BCUT2D eigenvalue weighted by molar-refractivity contribution is 5.78. The van der Waals surface area contributed by atoms with E-state index in [1.54, 1.807) is 13.1 Å². The van der Waals surface area contributed by atoms with Gasteiger partial charge in [0, 0.05) is 32.0 Å². The molecule has 1 fully saturated rings. The van der Waals surface area contributed by atoms with Crippen LogP contribution in [0.4, 0.5) is 4.39 Å². The molecule has 1 aliphatic rings. The molecular formula is C25H31FN2O4. The molecule has 3 atom stereocenters. The Hall–Kier alpha value is -2.93. The normalized spacial score (nSPS) is 23.1. The van der Waals surface area contributed by atoms with Gasteiger partial charge < -0.3 is 20.1 Å². The number of halogens is 1. The minimum Gasteiger partial charge on any atom is -0.484 e. The molecule has 32 heavy (non-hydrogen) atoms. The standard InChI is InChI=1S/C25H31FN2O4/c1-18(29)27-17-25(19-7-4-3-5-8-19)13-11-22(23(30)12-14-25)28(2)24(31)16-32-21-10-6-9-20(26)15-21/h3-10,15,22-23,30H,11-14,16-17H2,1-2H3,(H,27,29)/t22-,23-,25+/m0/s1. The number of likely N-dealkylation sites (N-methyl/N-ethyl adjacent to an activating group) is 1. The maximum absolute atomic E-state index is 13.3. The Balaban J connectivity index is 1.70. The molecule has 2 N–H and O–H groups in total. The third-order valence-electron chi connectivity index (χ3n) is 6.39. The van der Waals surface area contributed by atoms with Gasteiger partial charge in [-0.25, -0.2) is 4.39 Å². The summed E-state index contributed by atoms with van der Waals surface area (Å²) >= 11 is 0. The van der Waals surface area contributed by atoms with Gasteiger partial charge in [0.2, 0.25) is 5.91 Å². The van der Waals surface area contributed by atoms with Crippen LogP contribution in [0.2, 0.25) is 0 Å². The largest absolute Gasteiger partial charge is 0.484 e. The predicted molar refractivity (Wildman–Crippen MR) is 120 cm³/mol. The van der Waals surface area contributed by atoms with E-state index in [1.165, 1.54) is 30.0 Å². The number of carbonyl (C=O) groups excluding carboxylic acids is 2. The molecule has 0 spiro atoms. The van der Waals surface area contributed by atoms with E-state index in [0.29, 0.717) is 32.2 Å². The highest BCUT2D eigenvalue weighted by atomic mass is 19.1. The van der Waals surface area contributed by atoms with Crippen molar-refractivity contribution in [3.05, 3.63) is 66.0 Å². The molecule has 1 saturated carbocycles. The quantitative estimate of drug-likeness (QED) is 0.646. The highest BCUT2D eigenvalue weighted by Crippen LogP contribution is 2.39. The fourth-order valence-electron chi connectivity index (χ4n) is 4.45. The molecule has 0 heterocycles. The van der Waals surface area contributed by atoms with Crippen LogP contribution < -0.4 is 10.1 Å². The van der Waals surface area contributed by atoms with E-state index in [1.807, 2.05) is 18.2 Å². The minimum atomic E-state index is -0.693. The lowest BCUT2D eigenvalue weighted by Crippen LogP contribution is -2.46. The lowest BCUT2D eigenvalue weighted by atomic mass is 9.74. The smallest absolute Gasteiger partial charge is 0.260 e. The Bertz CT molecular complexity index is 923.